The van der Waals surface area contributed by atoms with E-state index < -0.39 is 10.8 Å². The lowest BCUT2D eigenvalue weighted by atomic mass is 10.1. The lowest BCUT2D eigenvalue weighted by Crippen LogP contribution is -2.35. The molecule has 144 valence electrons. The molecular formula is C19H13N5O4S. The second-order valence-corrected chi connectivity index (χ2v) is 7.00. The summed E-state index contributed by atoms with van der Waals surface area (Å²) in [5, 5.41) is 25.6. The molecule has 0 fully saturated rings. The van der Waals surface area contributed by atoms with E-state index in [1.165, 1.54) is 47.1 Å². The number of para-hydroxylation sites is 1. The van der Waals surface area contributed by atoms with Crippen LogP contribution in [0.4, 0.5) is 5.69 Å². The Hall–Kier alpha value is -3.79. The Morgan fingerprint density at radius 2 is 1.90 bits per heavy atom. The van der Waals surface area contributed by atoms with Crippen molar-refractivity contribution in [2.45, 2.75) is 0 Å². The van der Waals surface area contributed by atoms with Crippen LogP contribution in [0.15, 0.2) is 70.3 Å². The minimum Gasteiger partial charge on any atom is -0.487 e. The second kappa shape index (κ2) is 7.68. The lowest BCUT2D eigenvalue weighted by Gasteiger charge is -2.20. The molecule has 1 amide bonds. The minimum absolute atomic E-state index is 0.0529. The summed E-state index contributed by atoms with van der Waals surface area (Å²) in [7, 11) is 0. The number of non-ortho nitro benzene ring substituents is 1. The van der Waals surface area contributed by atoms with Crippen LogP contribution in [0.1, 0.15) is 5.56 Å². The van der Waals surface area contributed by atoms with E-state index in [4.69, 9.17) is 10.1 Å². The number of amides is 1. The zero-order chi connectivity index (χ0) is 20.4. The maximum atomic E-state index is 12.4. The molecule has 2 aliphatic rings. The zero-order valence-electron chi connectivity index (χ0n) is 14.8. The van der Waals surface area contributed by atoms with E-state index in [0.717, 1.165) is 0 Å². The molecule has 0 atom stereocenters. The van der Waals surface area contributed by atoms with Crippen molar-refractivity contribution in [2.75, 3.05) is 6.61 Å². The number of thioether (sulfide) groups is 1. The van der Waals surface area contributed by atoms with Gasteiger partial charge in [0.25, 0.3) is 11.6 Å². The highest BCUT2D eigenvalue weighted by atomic mass is 32.2. The molecule has 2 aromatic carbocycles. The molecule has 29 heavy (non-hydrogen) atoms. The fraction of sp³-hybridized carbons (Fsp3) is 0.0526. The zero-order valence-corrected chi connectivity index (χ0v) is 15.6. The van der Waals surface area contributed by atoms with E-state index in [0.29, 0.717) is 21.5 Å². The predicted octanol–water partition coefficient (Wildman–Crippen LogP) is 3.29. The molecule has 2 heterocycles. The Morgan fingerprint density at radius 1 is 1.17 bits per heavy atom. The first kappa shape index (κ1) is 18.6. The maximum absolute atomic E-state index is 12.4. The Kier molecular flexibility index (Phi) is 4.92. The van der Waals surface area contributed by atoms with E-state index in [2.05, 4.69) is 10.1 Å². The van der Waals surface area contributed by atoms with Crippen molar-refractivity contribution in [3.63, 3.8) is 0 Å². The molecule has 10 heteroatoms. The number of aliphatic imine (C=N–C) groups is 1. The van der Waals surface area contributed by atoms with E-state index in [-0.39, 0.29) is 23.7 Å². The van der Waals surface area contributed by atoms with Crippen molar-refractivity contribution in [1.29, 1.82) is 5.41 Å². The van der Waals surface area contributed by atoms with Crippen LogP contribution < -0.4 is 4.74 Å². The van der Waals surface area contributed by atoms with Gasteiger partial charge in [0.2, 0.25) is 5.17 Å². The summed E-state index contributed by atoms with van der Waals surface area (Å²) < 4.78 is 5.65. The number of hydrazone groups is 1. The van der Waals surface area contributed by atoms with Crippen LogP contribution in [-0.2, 0) is 4.79 Å². The highest BCUT2D eigenvalue weighted by Crippen LogP contribution is 2.28. The van der Waals surface area contributed by atoms with Gasteiger partial charge in [-0.1, -0.05) is 18.2 Å². The van der Waals surface area contributed by atoms with Gasteiger partial charge in [0.15, 0.2) is 5.84 Å². The number of nitrogens with one attached hydrogen (secondary N) is 1. The molecular weight excluding hydrogens is 394 g/mol. The normalized spacial score (nSPS) is 17.1. The highest BCUT2D eigenvalue weighted by Gasteiger charge is 2.35. The van der Waals surface area contributed by atoms with Gasteiger partial charge in [0.1, 0.15) is 17.4 Å². The number of nitrogens with zero attached hydrogens (tertiary/aromatic N) is 4. The van der Waals surface area contributed by atoms with Crippen molar-refractivity contribution in [3.05, 3.63) is 75.8 Å². The first-order valence-electron chi connectivity index (χ1n) is 8.42. The standard InChI is InChI=1S/C19H13N5O4S/c20-17-15(10-12-6-8-13(9-7-12)24(26)27)18(25)21-19-23(17)22-16(29-19)11-28-14-4-2-1-3-5-14/h1-10,20H,11H2/b15-10-,20-17?. The number of hydrogen-bond donors (Lipinski definition) is 1. The first-order valence-corrected chi connectivity index (χ1v) is 9.24. The van der Waals surface area contributed by atoms with E-state index in [1.807, 2.05) is 30.3 Å². The summed E-state index contributed by atoms with van der Waals surface area (Å²) in [4.78, 5) is 26.6. The Labute approximate surface area is 169 Å². The predicted molar refractivity (Wildman–Crippen MR) is 110 cm³/mol. The maximum Gasteiger partial charge on any atom is 0.283 e. The highest BCUT2D eigenvalue weighted by molar-refractivity contribution is 8.27. The van der Waals surface area contributed by atoms with Gasteiger partial charge in [0, 0.05) is 12.1 Å². The number of benzene rings is 2. The van der Waals surface area contributed by atoms with Crippen molar-refractivity contribution < 1.29 is 14.5 Å². The molecule has 9 nitrogen and oxygen atoms in total. The number of ether oxygens (including phenoxy) is 1. The van der Waals surface area contributed by atoms with Gasteiger partial charge in [0.05, 0.1) is 10.5 Å². The van der Waals surface area contributed by atoms with Crippen LogP contribution >= 0.6 is 11.8 Å². The summed E-state index contributed by atoms with van der Waals surface area (Å²) in [5.41, 5.74) is 0.545. The summed E-state index contributed by atoms with van der Waals surface area (Å²) in [6, 6.07) is 14.9. The summed E-state index contributed by atoms with van der Waals surface area (Å²) in [6.07, 6.45) is 1.47. The number of nitro groups is 1. The summed E-state index contributed by atoms with van der Waals surface area (Å²) >= 11 is 1.17. The summed E-state index contributed by atoms with van der Waals surface area (Å²) in [5.74, 6) is 0.0145. The molecule has 0 unspecified atom stereocenters. The average molecular weight is 407 g/mol. The Balaban J connectivity index is 1.52. The third kappa shape index (κ3) is 3.92. The van der Waals surface area contributed by atoms with Gasteiger partial charge in [-0.05, 0) is 47.7 Å². The molecule has 0 radical (unpaired) electrons. The molecule has 0 saturated carbocycles. The van der Waals surface area contributed by atoms with Crippen molar-refractivity contribution in [3.8, 4) is 5.75 Å². The molecule has 1 N–H and O–H groups in total. The topological polar surface area (TPSA) is 121 Å². The molecule has 2 aliphatic heterocycles. The molecule has 0 spiro atoms. The van der Waals surface area contributed by atoms with Crippen molar-refractivity contribution in [2.24, 2.45) is 10.1 Å². The van der Waals surface area contributed by atoms with E-state index >= 15 is 0 Å². The number of carbonyl (C=O) groups excluding carboxylic acids is 1. The SMILES string of the molecule is N=C1/C(=C/c2ccc([N+](=O)[O-])cc2)C(=O)N=C2SC(COc3ccccc3)=NN12. The fourth-order valence-electron chi connectivity index (χ4n) is 2.61. The van der Waals surface area contributed by atoms with Crippen LogP contribution in [0.2, 0.25) is 0 Å². The van der Waals surface area contributed by atoms with E-state index in [9.17, 15) is 14.9 Å². The third-order valence-corrected chi connectivity index (χ3v) is 4.90. The van der Waals surface area contributed by atoms with Crippen LogP contribution in [0, 0.1) is 15.5 Å². The van der Waals surface area contributed by atoms with Gasteiger partial charge >= 0.3 is 0 Å². The molecule has 0 saturated heterocycles. The third-order valence-electron chi connectivity index (χ3n) is 4.02. The van der Waals surface area contributed by atoms with Crippen molar-refractivity contribution in [1.82, 2.24) is 5.01 Å². The quantitative estimate of drug-likeness (QED) is 0.461. The lowest BCUT2D eigenvalue weighted by molar-refractivity contribution is -0.384. The van der Waals surface area contributed by atoms with Crippen LogP contribution in [0.3, 0.4) is 0 Å². The van der Waals surface area contributed by atoms with E-state index in [1.54, 1.807) is 0 Å². The molecule has 0 aromatic heterocycles. The molecule has 2 aromatic rings. The van der Waals surface area contributed by atoms with Gasteiger partial charge < -0.3 is 4.74 Å². The van der Waals surface area contributed by atoms with Crippen LogP contribution in [0.5, 0.6) is 5.75 Å². The smallest absolute Gasteiger partial charge is 0.283 e. The largest absolute Gasteiger partial charge is 0.487 e. The average Bonchev–Trinajstić information content (AvgIpc) is 3.14. The number of carbonyl (C=O) groups is 1. The Morgan fingerprint density at radius 3 is 2.59 bits per heavy atom. The first-order chi connectivity index (χ1) is 14.0. The molecule has 0 aliphatic carbocycles. The molecule has 0 bridgehead atoms. The van der Waals surface area contributed by atoms with Crippen LogP contribution in [-0.4, -0.2) is 38.5 Å². The van der Waals surface area contributed by atoms with Gasteiger partial charge in [-0.3, -0.25) is 20.3 Å². The number of nitro benzene ring substituents is 1. The van der Waals surface area contributed by atoms with Gasteiger partial charge in [-0.15, -0.1) is 0 Å². The number of amidine groups is 2. The van der Waals surface area contributed by atoms with Crippen molar-refractivity contribution >= 4 is 45.5 Å². The monoisotopic (exact) mass is 407 g/mol. The van der Waals surface area contributed by atoms with Gasteiger partial charge in [-0.2, -0.15) is 15.1 Å². The minimum atomic E-state index is -0.562. The second-order valence-electron chi connectivity index (χ2n) is 5.96. The van der Waals surface area contributed by atoms with Crippen LogP contribution in [0.25, 0.3) is 6.08 Å². The van der Waals surface area contributed by atoms with Gasteiger partial charge in [-0.25, -0.2) is 0 Å². The summed E-state index contributed by atoms with van der Waals surface area (Å²) in [6.45, 7) is 0.188. The number of fused-ring (bicyclic) bond motifs is 1. The molecule has 4 rings (SSSR count). The number of hydrogen-bond acceptors (Lipinski definition) is 7. The number of rotatable bonds is 5. The fourth-order valence-corrected chi connectivity index (χ4v) is 3.41. The Bertz CT molecular complexity index is 1090.